The summed E-state index contributed by atoms with van der Waals surface area (Å²) in [5, 5.41) is 0. The molecule has 2 aromatic rings. The van der Waals surface area contributed by atoms with Gasteiger partial charge >= 0.3 is 6.36 Å². The van der Waals surface area contributed by atoms with Gasteiger partial charge in [0.25, 0.3) is 0 Å². The molecule has 33 heavy (non-hydrogen) atoms. The molecule has 0 bridgehead atoms. The number of allylic oxidation sites excluding steroid dienone is 5. The molecule has 0 fully saturated rings. The van der Waals surface area contributed by atoms with E-state index >= 15 is 0 Å². The maximum atomic E-state index is 14.0. The minimum atomic E-state index is -4.72. The normalized spacial score (nSPS) is 17.9. The minimum Gasteiger partial charge on any atom is -0.410 e. The molecule has 1 aliphatic heterocycles. The van der Waals surface area contributed by atoms with Gasteiger partial charge in [0.2, 0.25) is 0 Å². The van der Waals surface area contributed by atoms with Gasteiger partial charge in [0.1, 0.15) is 17.4 Å². The van der Waals surface area contributed by atoms with E-state index in [0.29, 0.717) is 18.6 Å². The molecule has 0 unspecified atom stereocenters. The van der Waals surface area contributed by atoms with E-state index < -0.39 is 18.0 Å². The highest BCUT2D eigenvalue weighted by Gasteiger charge is 2.31. The molecule has 0 radical (unpaired) electrons. The Hall–Kier alpha value is -3.22. The second-order valence-corrected chi connectivity index (χ2v) is 7.26. The van der Waals surface area contributed by atoms with E-state index in [1.54, 1.807) is 18.2 Å². The van der Waals surface area contributed by atoms with Crippen LogP contribution in [0.15, 0.2) is 77.5 Å². The maximum Gasteiger partial charge on any atom is 0.572 e. The number of rotatable bonds is 4. The van der Waals surface area contributed by atoms with Crippen molar-refractivity contribution in [1.82, 2.24) is 0 Å². The number of ether oxygens (including phenoxy) is 1. The Labute approximate surface area is 189 Å². The van der Waals surface area contributed by atoms with Crippen LogP contribution in [0.1, 0.15) is 55.8 Å². The number of aliphatic imine (C=N–C) groups is 1. The van der Waals surface area contributed by atoms with Gasteiger partial charge in [-0.05, 0) is 47.8 Å². The second kappa shape index (κ2) is 10.6. The Morgan fingerprint density at radius 1 is 0.939 bits per heavy atom. The van der Waals surface area contributed by atoms with Crippen LogP contribution >= 0.6 is 0 Å². The maximum absolute atomic E-state index is 14.0. The van der Waals surface area contributed by atoms with Crippen molar-refractivity contribution in [1.29, 1.82) is 0 Å². The third kappa shape index (κ3) is 6.18. The summed E-state index contributed by atoms with van der Waals surface area (Å²) in [5.41, 5.74) is 2.83. The lowest BCUT2D eigenvalue weighted by molar-refractivity contribution is -0.305. The van der Waals surface area contributed by atoms with Crippen molar-refractivity contribution in [2.24, 2.45) is 4.99 Å². The molecule has 2 nitrogen and oxygen atoms in total. The van der Waals surface area contributed by atoms with Gasteiger partial charge in [-0.1, -0.05) is 62.4 Å². The molecule has 2 aromatic carbocycles. The first-order valence-corrected chi connectivity index (χ1v) is 10.7. The van der Waals surface area contributed by atoms with E-state index in [1.165, 1.54) is 24.3 Å². The molecule has 1 aliphatic carbocycles. The first kappa shape index (κ1) is 24.4. The summed E-state index contributed by atoms with van der Waals surface area (Å²) >= 11 is 0. The Morgan fingerprint density at radius 3 is 2.24 bits per heavy atom. The predicted molar refractivity (Wildman–Crippen MR) is 120 cm³/mol. The van der Waals surface area contributed by atoms with Crippen molar-refractivity contribution in [3.8, 4) is 0 Å². The van der Waals surface area contributed by atoms with Gasteiger partial charge in [0.15, 0.2) is 0 Å². The SMILES string of the molecule is CC.Fc1cccc(F)c1C1=N[C@@H](c2ccc(C3=CC=C(OC(F)(F)F)CC=C3)cc2)CC1. The highest BCUT2D eigenvalue weighted by molar-refractivity contribution is 6.02. The van der Waals surface area contributed by atoms with E-state index in [0.717, 1.165) is 16.7 Å². The van der Waals surface area contributed by atoms with E-state index in [1.807, 2.05) is 38.1 Å². The summed E-state index contributed by atoms with van der Waals surface area (Å²) in [6.07, 6.45) is 2.69. The fraction of sp³-hybridized carbons (Fsp3) is 0.269. The summed E-state index contributed by atoms with van der Waals surface area (Å²) in [7, 11) is 0. The van der Waals surface area contributed by atoms with Gasteiger partial charge < -0.3 is 4.74 Å². The molecule has 0 saturated carbocycles. The number of alkyl halides is 3. The van der Waals surface area contributed by atoms with Crippen molar-refractivity contribution >= 4 is 11.3 Å². The molecule has 0 saturated heterocycles. The third-order valence-electron chi connectivity index (χ3n) is 5.16. The van der Waals surface area contributed by atoms with Crippen molar-refractivity contribution in [2.45, 2.75) is 45.5 Å². The predicted octanol–water partition coefficient (Wildman–Crippen LogP) is 8.08. The van der Waals surface area contributed by atoms with Gasteiger partial charge in [0, 0.05) is 12.1 Å². The number of hydrogen-bond donors (Lipinski definition) is 0. The van der Waals surface area contributed by atoms with Crippen LogP contribution in [0.3, 0.4) is 0 Å². The highest BCUT2D eigenvalue weighted by atomic mass is 19.4. The fourth-order valence-corrected chi connectivity index (χ4v) is 3.72. The smallest absolute Gasteiger partial charge is 0.410 e. The lowest BCUT2D eigenvalue weighted by atomic mass is 9.99. The van der Waals surface area contributed by atoms with Crippen molar-refractivity contribution in [2.75, 3.05) is 0 Å². The Morgan fingerprint density at radius 2 is 1.61 bits per heavy atom. The quantitative estimate of drug-likeness (QED) is 0.422. The number of benzene rings is 2. The molecule has 174 valence electrons. The van der Waals surface area contributed by atoms with E-state index in [9.17, 15) is 22.0 Å². The van der Waals surface area contributed by atoms with E-state index in [2.05, 4.69) is 9.73 Å². The first-order chi connectivity index (χ1) is 15.8. The van der Waals surface area contributed by atoms with Crippen LogP contribution in [0.25, 0.3) is 5.57 Å². The summed E-state index contributed by atoms with van der Waals surface area (Å²) in [5.74, 6) is -1.42. The number of hydrogen-bond acceptors (Lipinski definition) is 2. The van der Waals surface area contributed by atoms with Crippen LogP contribution < -0.4 is 0 Å². The summed E-state index contributed by atoms with van der Waals surface area (Å²) in [6, 6.07) is 11.0. The average Bonchev–Trinajstić information content (AvgIpc) is 3.14. The molecular weight excluding hydrogens is 437 g/mol. The third-order valence-corrected chi connectivity index (χ3v) is 5.16. The standard InChI is InChI=1S/C24H18F5NO.C2H6/c25-19-5-2-6-20(26)23(19)22-14-13-21(30-22)17-9-7-16(8-10-17)15-3-1-4-18(12-11-15)31-24(27,28)29;1-2/h1-3,5-12,21H,4,13-14H2;1-2H3/t21-;/m1./s1. The van der Waals surface area contributed by atoms with Crippen LogP contribution in [0, 0.1) is 11.6 Å². The van der Waals surface area contributed by atoms with Crippen LogP contribution in [0.5, 0.6) is 0 Å². The van der Waals surface area contributed by atoms with Gasteiger partial charge in [-0.25, -0.2) is 8.78 Å². The second-order valence-electron chi connectivity index (χ2n) is 7.26. The molecule has 1 heterocycles. The average molecular weight is 461 g/mol. The topological polar surface area (TPSA) is 21.6 Å². The lowest BCUT2D eigenvalue weighted by Gasteiger charge is -2.09. The Balaban J connectivity index is 0.00000149. The van der Waals surface area contributed by atoms with E-state index in [4.69, 9.17) is 0 Å². The van der Waals surface area contributed by atoms with Gasteiger partial charge in [-0.15, -0.1) is 13.2 Å². The van der Waals surface area contributed by atoms with Gasteiger partial charge in [0.05, 0.1) is 11.6 Å². The lowest BCUT2D eigenvalue weighted by Crippen LogP contribution is -2.12. The summed E-state index contributed by atoms with van der Waals surface area (Å²) < 4.78 is 69.3. The highest BCUT2D eigenvalue weighted by Crippen LogP contribution is 2.33. The van der Waals surface area contributed by atoms with Gasteiger partial charge in [-0.2, -0.15) is 0 Å². The molecule has 0 amide bonds. The molecule has 7 heteroatoms. The molecular formula is C26H24F5NO. The minimum absolute atomic E-state index is 0.0454. The zero-order chi connectivity index (χ0) is 24.0. The Kier molecular flexibility index (Phi) is 7.84. The molecule has 2 aliphatic rings. The Bertz CT molecular complexity index is 1070. The summed E-state index contributed by atoms with van der Waals surface area (Å²) in [4.78, 5) is 4.53. The van der Waals surface area contributed by atoms with Crippen molar-refractivity contribution < 1.29 is 26.7 Å². The van der Waals surface area contributed by atoms with Crippen molar-refractivity contribution in [3.05, 3.63) is 101 Å². The van der Waals surface area contributed by atoms with Crippen LogP contribution in [-0.2, 0) is 4.74 Å². The number of halogens is 5. The molecule has 0 N–H and O–H groups in total. The molecule has 4 rings (SSSR count). The van der Waals surface area contributed by atoms with Crippen molar-refractivity contribution in [3.63, 3.8) is 0 Å². The molecule has 0 aromatic heterocycles. The van der Waals surface area contributed by atoms with Crippen LogP contribution in [0.2, 0.25) is 0 Å². The van der Waals surface area contributed by atoms with Crippen LogP contribution in [0.4, 0.5) is 22.0 Å². The summed E-state index contributed by atoms with van der Waals surface area (Å²) in [6.45, 7) is 4.00. The van der Waals surface area contributed by atoms with Gasteiger partial charge in [-0.3, -0.25) is 4.99 Å². The zero-order valence-corrected chi connectivity index (χ0v) is 18.3. The van der Waals surface area contributed by atoms with Crippen LogP contribution in [-0.4, -0.2) is 12.1 Å². The molecule has 0 spiro atoms. The molecule has 1 atom stereocenters. The van der Waals surface area contributed by atoms with E-state index in [-0.39, 0.29) is 23.8 Å². The number of nitrogens with zero attached hydrogens (tertiary/aromatic N) is 1. The first-order valence-electron chi connectivity index (χ1n) is 10.7. The largest absolute Gasteiger partial charge is 0.572 e. The fourth-order valence-electron chi connectivity index (χ4n) is 3.72. The monoisotopic (exact) mass is 461 g/mol. The zero-order valence-electron chi connectivity index (χ0n) is 18.3.